The van der Waals surface area contributed by atoms with E-state index in [2.05, 4.69) is 25.8 Å². The number of nitrogens with one attached hydrogen (secondary N) is 2. The molecule has 0 aliphatic rings. The smallest absolute Gasteiger partial charge is 0.249 e. The third-order valence-electron chi connectivity index (χ3n) is 3.40. The first-order valence-electron chi connectivity index (χ1n) is 7.50. The van der Waals surface area contributed by atoms with E-state index in [-0.39, 0.29) is 5.95 Å². The molecule has 1 aromatic heterocycles. The maximum atomic E-state index is 13.3. The number of methoxy groups -OCH3 is 2. The maximum absolute atomic E-state index is 13.3. The quantitative estimate of drug-likeness (QED) is 0.695. The lowest BCUT2D eigenvalue weighted by atomic mass is 10.2. The molecule has 0 aliphatic heterocycles. The van der Waals surface area contributed by atoms with Crippen LogP contribution in [0.3, 0.4) is 0 Å². The molecule has 9 heteroatoms. The van der Waals surface area contributed by atoms with Gasteiger partial charge < -0.3 is 20.1 Å². The van der Waals surface area contributed by atoms with Gasteiger partial charge in [-0.25, -0.2) is 8.78 Å². The van der Waals surface area contributed by atoms with Crippen molar-refractivity contribution >= 4 is 23.1 Å². The van der Waals surface area contributed by atoms with Crippen LogP contribution in [0, 0.1) is 11.6 Å². The molecular formula is C17H15F2N5O2. The molecule has 0 amide bonds. The van der Waals surface area contributed by atoms with Crippen LogP contribution in [0.15, 0.2) is 42.6 Å². The maximum Gasteiger partial charge on any atom is 0.249 e. The van der Waals surface area contributed by atoms with Gasteiger partial charge in [-0.1, -0.05) is 0 Å². The van der Waals surface area contributed by atoms with Gasteiger partial charge in [0.2, 0.25) is 5.95 Å². The summed E-state index contributed by atoms with van der Waals surface area (Å²) in [6.45, 7) is 0. The predicted molar refractivity (Wildman–Crippen MR) is 92.3 cm³/mol. The van der Waals surface area contributed by atoms with Crippen molar-refractivity contribution in [1.29, 1.82) is 0 Å². The van der Waals surface area contributed by atoms with Crippen LogP contribution in [-0.4, -0.2) is 29.4 Å². The fourth-order valence-corrected chi connectivity index (χ4v) is 2.17. The van der Waals surface area contributed by atoms with E-state index < -0.39 is 11.6 Å². The molecule has 0 saturated heterocycles. The standard InChI is InChI=1S/C17H15F2N5O2/c1-25-11-4-6-15(26-2)14(8-11)22-17-23-16(9-20-24-17)21-10-3-5-12(18)13(19)7-10/h3-9H,1-2H3,(H2,21,22,23,24). The van der Waals surface area contributed by atoms with Crippen molar-refractivity contribution in [3.63, 3.8) is 0 Å². The summed E-state index contributed by atoms with van der Waals surface area (Å²) in [6.07, 6.45) is 1.36. The van der Waals surface area contributed by atoms with E-state index >= 15 is 0 Å². The van der Waals surface area contributed by atoms with Crippen molar-refractivity contribution in [1.82, 2.24) is 15.2 Å². The molecule has 2 N–H and O–H groups in total. The van der Waals surface area contributed by atoms with Gasteiger partial charge >= 0.3 is 0 Å². The molecule has 3 rings (SSSR count). The lowest BCUT2D eigenvalue weighted by molar-refractivity contribution is 0.405. The molecule has 0 fully saturated rings. The Morgan fingerprint density at radius 3 is 2.50 bits per heavy atom. The highest BCUT2D eigenvalue weighted by Crippen LogP contribution is 2.30. The highest BCUT2D eigenvalue weighted by Gasteiger charge is 2.09. The van der Waals surface area contributed by atoms with Crippen molar-refractivity contribution in [2.24, 2.45) is 0 Å². The van der Waals surface area contributed by atoms with E-state index in [1.54, 1.807) is 25.3 Å². The molecular weight excluding hydrogens is 344 g/mol. The fraction of sp³-hybridized carbons (Fsp3) is 0.118. The SMILES string of the molecule is COc1ccc(OC)c(Nc2nncc(Nc3ccc(F)c(F)c3)n2)c1. The van der Waals surface area contributed by atoms with E-state index in [0.29, 0.717) is 28.7 Å². The minimum absolute atomic E-state index is 0.184. The predicted octanol–water partition coefficient (Wildman–Crippen LogP) is 3.65. The molecule has 0 radical (unpaired) electrons. The van der Waals surface area contributed by atoms with Gasteiger partial charge in [0.25, 0.3) is 0 Å². The molecule has 0 bridgehead atoms. The Bertz CT molecular complexity index is 923. The number of nitrogens with zero attached hydrogens (tertiary/aromatic N) is 3. The largest absolute Gasteiger partial charge is 0.497 e. The van der Waals surface area contributed by atoms with Crippen molar-refractivity contribution in [2.75, 3.05) is 24.9 Å². The average Bonchev–Trinajstić information content (AvgIpc) is 2.65. The van der Waals surface area contributed by atoms with Crippen molar-refractivity contribution < 1.29 is 18.3 Å². The third kappa shape index (κ3) is 3.94. The molecule has 0 saturated carbocycles. The summed E-state index contributed by atoms with van der Waals surface area (Å²) in [6, 6.07) is 8.64. The summed E-state index contributed by atoms with van der Waals surface area (Å²) in [5.41, 5.74) is 0.910. The van der Waals surface area contributed by atoms with E-state index in [4.69, 9.17) is 9.47 Å². The summed E-state index contributed by atoms with van der Waals surface area (Å²) in [5, 5.41) is 13.5. The number of hydrogen-bond acceptors (Lipinski definition) is 7. The zero-order chi connectivity index (χ0) is 18.5. The highest BCUT2D eigenvalue weighted by atomic mass is 19.2. The lowest BCUT2D eigenvalue weighted by Gasteiger charge is -2.12. The molecule has 134 valence electrons. The Kier molecular flexibility index (Phi) is 5.07. The van der Waals surface area contributed by atoms with E-state index in [0.717, 1.165) is 12.1 Å². The van der Waals surface area contributed by atoms with Gasteiger partial charge in [-0.3, -0.25) is 0 Å². The lowest BCUT2D eigenvalue weighted by Crippen LogP contribution is -2.04. The van der Waals surface area contributed by atoms with Crippen molar-refractivity contribution in [3.05, 3.63) is 54.2 Å². The van der Waals surface area contributed by atoms with E-state index in [1.807, 2.05) is 0 Å². The van der Waals surface area contributed by atoms with Gasteiger partial charge in [0, 0.05) is 17.8 Å². The van der Waals surface area contributed by atoms with Gasteiger partial charge in [0.1, 0.15) is 11.5 Å². The summed E-state index contributed by atoms with van der Waals surface area (Å²) < 4.78 is 36.8. The average molecular weight is 359 g/mol. The van der Waals surface area contributed by atoms with Crippen LogP contribution in [0.5, 0.6) is 11.5 Å². The number of aromatic nitrogens is 3. The number of rotatable bonds is 6. The van der Waals surface area contributed by atoms with Crippen LogP contribution in [0.2, 0.25) is 0 Å². The molecule has 3 aromatic rings. The summed E-state index contributed by atoms with van der Waals surface area (Å²) in [7, 11) is 3.09. The van der Waals surface area contributed by atoms with Crippen molar-refractivity contribution in [2.45, 2.75) is 0 Å². The molecule has 26 heavy (non-hydrogen) atoms. The monoisotopic (exact) mass is 359 g/mol. The van der Waals surface area contributed by atoms with Crippen LogP contribution in [0.1, 0.15) is 0 Å². The minimum atomic E-state index is -0.962. The van der Waals surface area contributed by atoms with Gasteiger partial charge in [-0.2, -0.15) is 10.1 Å². The van der Waals surface area contributed by atoms with E-state index in [1.165, 1.54) is 19.4 Å². The number of benzene rings is 2. The van der Waals surface area contributed by atoms with Gasteiger partial charge in [0.05, 0.1) is 26.1 Å². The highest BCUT2D eigenvalue weighted by molar-refractivity contribution is 5.65. The molecule has 0 spiro atoms. The van der Waals surface area contributed by atoms with E-state index in [9.17, 15) is 8.78 Å². The minimum Gasteiger partial charge on any atom is -0.497 e. The third-order valence-corrected chi connectivity index (χ3v) is 3.40. The first kappa shape index (κ1) is 17.3. The number of halogens is 2. The van der Waals surface area contributed by atoms with Crippen LogP contribution in [0.25, 0.3) is 0 Å². The second kappa shape index (κ2) is 7.60. The second-order valence-corrected chi connectivity index (χ2v) is 5.11. The Labute approximate surface area is 148 Å². The van der Waals surface area contributed by atoms with Crippen molar-refractivity contribution in [3.8, 4) is 11.5 Å². The molecule has 0 aliphatic carbocycles. The Morgan fingerprint density at radius 1 is 0.923 bits per heavy atom. The topological polar surface area (TPSA) is 81.2 Å². The van der Waals surface area contributed by atoms with Crippen LogP contribution in [0.4, 0.5) is 31.9 Å². The number of anilines is 4. The molecule has 0 unspecified atom stereocenters. The number of hydrogen-bond donors (Lipinski definition) is 2. The first-order valence-corrected chi connectivity index (χ1v) is 7.50. The molecule has 2 aromatic carbocycles. The fourth-order valence-electron chi connectivity index (χ4n) is 2.17. The second-order valence-electron chi connectivity index (χ2n) is 5.11. The van der Waals surface area contributed by atoms with Crippen LogP contribution < -0.4 is 20.1 Å². The van der Waals surface area contributed by atoms with Crippen LogP contribution in [-0.2, 0) is 0 Å². The Balaban J connectivity index is 1.82. The van der Waals surface area contributed by atoms with Crippen LogP contribution >= 0.6 is 0 Å². The first-order chi connectivity index (χ1) is 12.6. The zero-order valence-corrected chi connectivity index (χ0v) is 14.0. The number of ether oxygens (including phenoxy) is 2. The summed E-state index contributed by atoms with van der Waals surface area (Å²) >= 11 is 0. The Morgan fingerprint density at radius 2 is 1.77 bits per heavy atom. The zero-order valence-electron chi connectivity index (χ0n) is 14.0. The normalized spacial score (nSPS) is 10.3. The molecule has 1 heterocycles. The van der Waals surface area contributed by atoms with Gasteiger partial charge in [-0.05, 0) is 24.3 Å². The van der Waals surface area contributed by atoms with Gasteiger partial charge in [0.15, 0.2) is 17.5 Å². The molecule has 7 nitrogen and oxygen atoms in total. The molecule has 0 atom stereocenters. The van der Waals surface area contributed by atoms with Gasteiger partial charge in [-0.15, -0.1) is 5.10 Å². The summed E-state index contributed by atoms with van der Waals surface area (Å²) in [4.78, 5) is 4.24. The summed E-state index contributed by atoms with van der Waals surface area (Å²) in [5.74, 6) is -0.217. The Hall–Kier alpha value is -3.49.